The Kier molecular flexibility index (Phi) is 7.52. The Bertz CT molecular complexity index is 1090. The van der Waals surface area contributed by atoms with Crippen molar-refractivity contribution in [2.75, 3.05) is 13.2 Å². The first-order chi connectivity index (χ1) is 15.5. The highest BCUT2D eigenvalue weighted by Crippen LogP contribution is 2.27. The van der Waals surface area contributed by atoms with Crippen LogP contribution in [-0.4, -0.2) is 49.0 Å². The summed E-state index contributed by atoms with van der Waals surface area (Å²) in [6, 6.07) is 3.70. The highest BCUT2D eigenvalue weighted by Gasteiger charge is 2.39. The predicted octanol–water partition coefficient (Wildman–Crippen LogP) is 3.16. The molecule has 1 aliphatic rings. The number of nitrogens with zero attached hydrogens (tertiary/aromatic N) is 2. The monoisotopic (exact) mass is 493 g/mol. The maximum Gasteiger partial charge on any atom is 0.392 e. The van der Waals surface area contributed by atoms with E-state index in [-0.39, 0.29) is 25.4 Å². The number of hydrogen-bond acceptors (Lipinski definition) is 5. The number of hydrogen-bond donors (Lipinski definition) is 1. The second-order valence-corrected chi connectivity index (χ2v) is 9.20. The van der Waals surface area contributed by atoms with E-state index in [0.717, 1.165) is 4.31 Å². The molecule has 0 saturated carbocycles. The molecule has 1 aromatic heterocycles. The number of ether oxygens (including phenoxy) is 1. The van der Waals surface area contributed by atoms with E-state index in [1.165, 1.54) is 18.3 Å². The van der Waals surface area contributed by atoms with Gasteiger partial charge in [-0.05, 0) is 36.6 Å². The zero-order valence-corrected chi connectivity index (χ0v) is 17.9. The zero-order valence-electron chi connectivity index (χ0n) is 17.1. The van der Waals surface area contributed by atoms with Crippen LogP contribution in [0.3, 0.4) is 0 Å². The van der Waals surface area contributed by atoms with Gasteiger partial charge in [0, 0.05) is 31.4 Å². The molecule has 1 saturated heterocycles. The number of nitrogens with one attached hydrogen (secondary N) is 1. The summed E-state index contributed by atoms with van der Waals surface area (Å²) in [6.45, 7) is -0.664. The lowest BCUT2D eigenvalue weighted by molar-refractivity contribution is -0.139. The van der Waals surface area contributed by atoms with E-state index in [1.54, 1.807) is 0 Å². The molecule has 180 valence electrons. The molecule has 7 nitrogen and oxygen atoms in total. The summed E-state index contributed by atoms with van der Waals surface area (Å²) in [5, 5.41) is 2.57. The lowest BCUT2D eigenvalue weighted by atomic mass is 10.2. The second kappa shape index (κ2) is 10.00. The van der Waals surface area contributed by atoms with Crippen molar-refractivity contribution < 1.29 is 39.9 Å². The van der Waals surface area contributed by atoms with Crippen LogP contribution in [0.1, 0.15) is 24.8 Å². The molecular weight excluding hydrogens is 473 g/mol. The normalized spacial score (nSPS) is 17.2. The Morgan fingerprint density at radius 1 is 1.18 bits per heavy atom. The van der Waals surface area contributed by atoms with Crippen LogP contribution in [0.5, 0.6) is 5.88 Å². The largest absolute Gasteiger partial charge is 0.477 e. The molecule has 0 unspecified atom stereocenters. The number of alkyl halides is 3. The van der Waals surface area contributed by atoms with E-state index in [9.17, 15) is 35.2 Å². The fourth-order valence-electron chi connectivity index (χ4n) is 3.32. The van der Waals surface area contributed by atoms with Gasteiger partial charge in [-0.15, -0.1) is 0 Å². The summed E-state index contributed by atoms with van der Waals surface area (Å²) in [4.78, 5) is 15.9. The Labute approximate surface area is 186 Å². The van der Waals surface area contributed by atoms with E-state index in [0.29, 0.717) is 30.2 Å². The van der Waals surface area contributed by atoms with Crippen molar-refractivity contribution in [1.29, 1.82) is 0 Å². The molecule has 33 heavy (non-hydrogen) atoms. The molecule has 0 radical (unpaired) electrons. The van der Waals surface area contributed by atoms with Crippen LogP contribution >= 0.6 is 0 Å². The minimum atomic E-state index is -4.36. The second-order valence-electron chi connectivity index (χ2n) is 7.31. The first-order valence-electron chi connectivity index (χ1n) is 9.86. The smallest absolute Gasteiger partial charge is 0.392 e. The average molecular weight is 493 g/mol. The Balaban J connectivity index is 1.64. The number of rotatable bonds is 8. The fourth-order valence-corrected chi connectivity index (χ4v) is 5.02. The summed E-state index contributed by atoms with van der Waals surface area (Å²) in [7, 11) is -4.32. The Hall–Kier alpha value is -2.80. The molecule has 0 bridgehead atoms. The lowest BCUT2D eigenvalue weighted by Gasteiger charge is -2.23. The van der Waals surface area contributed by atoms with Gasteiger partial charge >= 0.3 is 6.18 Å². The van der Waals surface area contributed by atoms with E-state index >= 15 is 0 Å². The quantitative estimate of drug-likeness (QED) is 0.571. The number of amides is 1. The topological polar surface area (TPSA) is 88.6 Å². The minimum Gasteiger partial charge on any atom is -0.477 e. The van der Waals surface area contributed by atoms with Gasteiger partial charge in [0.05, 0.1) is 17.9 Å². The van der Waals surface area contributed by atoms with Gasteiger partial charge in [-0.2, -0.15) is 17.5 Å². The van der Waals surface area contributed by atoms with E-state index < -0.39 is 57.7 Å². The van der Waals surface area contributed by atoms with Crippen LogP contribution < -0.4 is 10.1 Å². The molecule has 0 spiro atoms. The molecule has 1 fully saturated rings. The van der Waals surface area contributed by atoms with Crippen molar-refractivity contribution >= 4 is 15.9 Å². The van der Waals surface area contributed by atoms with Crippen molar-refractivity contribution in [2.45, 2.75) is 42.9 Å². The number of benzene rings is 1. The van der Waals surface area contributed by atoms with E-state index in [4.69, 9.17) is 4.74 Å². The highest BCUT2D eigenvalue weighted by molar-refractivity contribution is 7.89. The van der Waals surface area contributed by atoms with E-state index in [2.05, 4.69) is 10.3 Å². The number of sulfonamides is 1. The Morgan fingerprint density at radius 3 is 2.55 bits per heavy atom. The van der Waals surface area contributed by atoms with Gasteiger partial charge in [0.25, 0.3) is 0 Å². The number of pyridine rings is 1. The fraction of sp³-hybridized carbons (Fsp3) is 0.400. The Morgan fingerprint density at radius 2 is 1.88 bits per heavy atom. The van der Waals surface area contributed by atoms with Gasteiger partial charge in [-0.25, -0.2) is 22.2 Å². The highest BCUT2D eigenvalue weighted by atomic mass is 32.2. The van der Waals surface area contributed by atoms with Gasteiger partial charge < -0.3 is 10.1 Å². The third-order valence-electron chi connectivity index (χ3n) is 4.85. The first kappa shape index (κ1) is 24.8. The van der Waals surface area contributed by atoms with E-state index in [1.807, 2.05) is 0 Å². The predicted molar refractivity (Wildman–Crippen MR) is 106 cm³/mol. The molecule has 13 heteroatoms. The van der Waals surface area contributed by atoms with Crippen molar-refractivity contribution in [3.05, 3.63) is 53.7 Å². The molecule has 3 rings (SSSR count). The molecule has 0 aliphatic carbocycles. The van der Waals surface area contributed by atoms with Crippen molar-refractivity contribution in [3.63, 3.8) is 0 Å². The van der Waals surface area contributed by atoms with Crippen LogP contribution in [-0.2, 0) is 21.4 Å². The summed E-state index contributed by atoms with van der Waals surface area (Å²) in [6.07, 6.45) is -3.62. The number of halogens is 5. The molecule has 2 aromatic rings. The molecule has 1 atom stereocenters. The number of carbonyl (C=O) groups is 1. The van der Waals surface area contributed by atoms with Gasteiger partial charge in [-0.1, -0.05) is 0 Å². The molecular formula is C20H20F5N3O4S. The van der Waals surface area contributed by atoms with Gasteiger partial charge in [0.15, 0.2) is 0 Å². The summed E-state index contributed by atoms with van der Waals surface area (Å²) in [5.41, 5.74) is 0.472. The molecule has 1 N–H and O–H groups in total. The van der Waals surface area contributed by atoms with Gasteiger partial charge in [0.1, 0.15) is 17.7 Å². The minimum absolute atomic E-state index is 0.00496. The summed E-state index contributed by atoms with van der Waals surface area (Å²) < 4.78 is 95.3. The molecule has 1 aromatic carbocycles. The summed E-state index contributed by atoms with van der Waals surface area (Å²) in [5.74, 6) is -2.78. The van der Waals surface area contributed by atoms with Crippen LogP contribution in [0, 0.1) is 11.6 Å². The maximum absolute atomic E-state index is 13.5. The van der Waals surface area contributed by atoms with Gasteiger partial charge in [0.2, 0.25) is 21.8 Å². The van der Waals surface area contributed by atoms with Crippen molar-refractivity contribution in [2.24, 2.45) is 0 Å². The van der Waals surface area contributed by atoms with Crippen LogP contribution in [0.4, 0.5) is 22.0 Å². The van der Waals surface area contributed by atoms with Gasteiger partial charge in [-0.3, -0.25) is 4.79 Å². The molecule has 1 aliphatic heterocycles. The third kappa shape index (κ3) is 6.60. The van der Waals surface area contributed by atoms with Crippen LogP contribution in [0.15, 0.2) is 41.4 Å². The zero-order chi connectivity index (χ0) is 24.2. The maximum atomic E-state index is 13.5. The molecule has 1 amide bonds. The lowest BCUT2D eigenvalue weighted by Crippen LogP contribution is -2.45. The number of carbonyl (C=O) groups excluding carboxylic acids is 1. The molecule has 2 heterocycles. The van der Waals surface area contributed by atoms with Crippen LogP contribution in [0.25, 0.3) is 0 Å². The SMILES string of the molecule is O=C(NCc1ccnc(OCCC(F)(F)F)c1)[C@@H]1CCCN1S(=O)(=O)c1cc(F)cc(F)c1. The van der Waals surface area contributed by atoms with Crippen molar-refractivity contribution in [3.8, 4) is 5.88 Å². The first-order valence-corrected chi connectivity index (χ1v) is 11.3. The van der Waals surface area contributed by atoms with Crippen molar-refractivity contribution in [1.82, 2.24) is 14.6 Å². The summed E-state index contributed by atoms with van der Waals surface area (Å²) >= 11 is 0. The van der Waals surface area contributed by atoms with Crippen LogP contribution in [0.2, 0.25) is 0 Å². The standard InChI is InChI=1S/C20H20F5N3O4S/c21-14-9-15(22)11-16(10-14)33(30,31)28-6-1-2-17(28)19(29)27-12-13-3-5-26-18(8-13)32-7-4-20(23,24)25/h3,5,8-11,17H,1-2,4,6-7,12H2,(H,27,29)/t17-/m0/s1. The average Bonchev–Trinajstić information content (AvgIpc) is 3.22. The third-order valence-corrected chi connectivity index (χ3v) is 6.74. The number of aromatic nitrogens is 1.